The summed E-state index contributed by atoms with van der Waals surface area (Å²) in [5.41, 5.74) is -0.143. The number of terminal acetylenes is 1. The first-order chi connectivity index (χ1) is 6.45. The van der Waals surface area contributed by atoms with E-state index in [2.05, 4.69) is 16.6 Å². The number of rotatable bonds is 5. The Morgan fingerprint density at radius 2 is 2.00 bits per heavy atom. The van der Waals surface area contributed by atoms with Crippen molar-refractivity contribution in [3.63, 3.8) is 0 Å². The molecule has 0 atom stereocenters. The van der Waals surface area contributed by atoms with Crippen LogP contribution in [0.3, 0.4) is 0 Å². The molecule has 14 heavy (non-hydrogen) atoms. The van der Waals surface area contributed by atoms with E-state index in [1.165, 1.54) is 0 Å². The van der Waals surface area contributed by atoms with E-state index in [1.807, 2.05) is 20.8 Å². The highest BCUT2D eigenvalue weighted by Crippen LogP contribution is 1.98. The van der Waals surface area contributed by atoms with E-state index < -0.39 is 0 Å². The van der Waals surface area contributed by atoms with Gasteiger partial charge in [0.1, 0.15) is 0 Å². The van der Waals surface area contributed by atoms with Gasteiger partial charge in [0, 0.05) is 31.5 Å². The first-order valence-electron chi connectivity index (χ1n) is 4.91. The summed E-state index contributed by atoms with van der Waals surface area (Å²) < 4.78 is 0. The molecule has 0 aliphatic carbocycles. The molecule has 0 aromatic carbocycles. The van der Waals surface area contributed by atoms with Crippen LogP contribution in [0.15, 0.2) is 0 Å². The number of hydrogen-bond donors (Lipinski definition) is 2. The van der Waals surface area contributed by atoms with Crippen LogP contribution in [0, 0.1) is 12.3 Å². The lowest BCUT2D eigenvalue weighted by Gasteiger charge is -2.20. The zero-order valence-electron chi connectivity index (χ0n) is 9.31. The Balaban J connectivity index is 3.42. The van der Waals surface area contributed by atoms with Crippen LogP contribution in [0.4, 0.5) is 0 Å². The summed E-state index contributed by atoms with van der Waals surface area (Å²) in [6, 6.07) is 0. The maximum absolute atomic E-state index is 11.3. The summed E-state index contributed by atoms with van der Waals surface area (Å²) in [6.07, 6.45) is 6.30. The molecule has 0 bridgehead atoms. The SMILES string of the molecule is C#CCCNCCC(=O)NC(C)(C)C. The molecule has 80 valence electrons. The molecule has 0 saturated heterocycles. The molecule has 0 aliphatic rings. The van der Waals surface area contributed by atoms with Gasteiger partial charge in [-0.1, -0.05) is 0 Å². The molecule has 0 aromatic heterocycles. The summed E-state index contributed by atoms with van der Waals surface area (Å²) in [6.45, 7) is 7.37. The largest absolute Gasteiger partial charge is 0.351 e. The van der Waals surface area contributed by atoms with E-state index >= 15 is 0 Å². The predicted molar refractivity (Wildman–Crippen MR) is 58.8 cm³/mol. The van der Waals surface area contributed by atoms with Crippen molar-refractivity contribution in [2.75, 3.05) is 13.1 Å². The third kappa shape index (κ3) is 9.08. The van der Waals surface area contributed by atoms with Crippen LogP contribution in [-0.4, -0.2) is 24.5 Å². The van der Waals surface area contributed by atoms with Crippen LogP contribution in [-0.2, 0) is 4.79 Å². The molecule has 0 saturated carbocycles. The van der Waals surface area contributed by atoms with Gasteiger partial charge in [0.2, 0.25) is 5.91 Å². The van der Waals surface area contributed by atoms with Gasteiger partial charge in [-0.3, -0.25) is 4.79 Å². The molecule has 0 fully saturated rings. The van der Waals surface area contributed by atoms with Gasteiger partial charge in [-0.25, -0.2) is 0 Å². The van der Waals surface area contributed by atoms with E-state index in [4.69, 9.17) is 6.42 Å². The molecule has 3 heteroatoms. The Morgan fingerprint density at radius 3 is 2.50 bits per heavy atom. The molecule has 0 aliphatic heterocycles. The molecule has 0 radical (unpaired) electrons. The van der Waals surface area contributed by atoms with Gasteiger partial charge in [0.15, 0.2) is 0 Å². The Bertz CT molecular complexity index is 210. The maximum Gasteiger partial charge on any atom is 0.221 e. The van der Waals surface area contributed by atoms with E-state index in [1.54, 1.807) is 0 Å². The molecule has 0 heterocycles. The maximum atomic E-state index is 11.3. The van der Waals surface area contributed by atoms with Crippen LogP contribution in [0.2, 0.25) is 0 Å². The van der Waals surface area contributed by atoms with Crippen molar-refractivity contribution >= 4 is 5.91 Å². The van der Waals surface area contributed by atoms with Crippen molar-refractivity contribution in [1.82, 2.24) is 10.6 Å². The zero-order chi connectivity index (χ0) is 11.0. The minimum atomic E-state index is -0.143. The topological polar surface area (TPSA) is 41.1 Å². The molecule has 3 nitrogen and oxygen atoms in total. The van der Waals surface area contributed by atoms with Gasteiger partial charge < -0.3 is 10.6 Å². The molecular weight excluding hydrogens is 176 g/mol. The van der Waals surface area contributed by atoms with Crippen LogP contribution < -0.4 is 10.6 Å². The highest BCUT2D eigenvalue weighted by molar-refractivity contribution is 5.76. The Hall–Kier alpha value is -1.01. The minimum absolute atomic E-state index is 0.0747. The fourth-order valence-corrected chi connectivity index (χ4v) is 0.968. The van der Waals surface area contributed by atoms with Gasteiger partial charge in [-0.2, -0.15) is 0 Å². The predicted octanol–water partition coefficient (Wildman–Crippen LogP) is 0.904. The standard InChI is InChI=1S/C11H20N2O/c1-5-6-8-12-9-7-10(14)13-11(2,3)4/h1,12H,6-9H2,2-4H3,(H,13,14). The van der Waals surface area contributed by atoms with Gasteiger partial charge in [-0.05, 0) is 20.8 Å². The summed E-state index contributed by atoms with van der Waals surface area (Å²) in [4.78, 5) is 11.3. The van der Waals surface area contributed by atoms with E-state index in [9.17, 15) is 4.79 Å². The lowest BCUT2D eigenvalue weighted by Crippen LogP contribution is -2.41. The highest BCUT2D eigenvalue weighted by Gasteiger charge is 2.12. The Kier molecular flexibility index (Phi) is 5.98. The number of carbonyl (C=O) groups excluding carboxylic acids is 1. The molecule has 0 unspecified atom stereocenters. The lowest BCUT2D eigenvalue weighted by molar-refractivity contribution is -0.122. The van der Waals surface area contributed by atoms with E-state index in [-0.39, 0.29) is 11.4 Å². The van der Waals surface area contributed by atoms with Crippen molar-refractivity contribution in [3.8, 4) is 12.3 Å². The summed E-state index contributed by atoms with van der Waals surface area (Å²) in [5.74, 6) is 2.61. The average molecular weight is 196 g/mol. The highest BCUT2D eigenvalue weighted by atomic mass is 16.1. The van der Waals surface area contributed by atoms with Crippen molar-refractivity contribution < 1.29 is 4.79 Å². The fraction of sp³-hybridized carbons (Fsp3) is 0.727. The van der Waals surface area contributed by atoms with Crippen molar-refractivity contribution in [3.05, 3.63) is 0 Å². The first kappa shape index (κ1) is 13.0. The van der Waals surface area contributed by atoms with Crippen LogP contribution >= 0.6 is 0 Å². The van der Waals surface area contributed by atoms with Crippen molar-refractivity contribution in [2.24, 2.45) is 0 Å². The van der Waals surface area contributed by atoms with Gasteiger partial charge >= 0.3 is 0 Å². The Morgan fingerprint density at radius 1 is 1.36 bits per heavy atom. The van der Waals surface area contributed by atoms with Crippen LogP contribution in [0.25, 0.3) is 0 Å². The number of carbonyl (C=O) groups is 1. The van der Waals surface area contributed by atoms with Crippen LogP contribution in [0.5, 0.6) is 0 Å². The van der Waals surface area contributed by atoms with Gasteiger partial charge in [0.05, 0.1) is 0 Å². The molecule has 0 spiro atoms. The summed E-state index contributed by atoms with van der Waals surface area (Å²) in [7, 11) is 0. The summed E-state index contributed by atoms with van der Waals surface area (Å²) >= 11 is 0. The van der Waals surface area contributed by atoms with Crippen LogP contribution in [0.1, 0.15) is 33.6 Å². The lowest BCUT2D eigenvalue weighted by atomic mass is 10.1. The minimum Gasteiger partial charge on any atom is -0.351 e. The third-order valence-corrected chi connectivity index (χ3v) is 1.49. The van der Waals surface area contributed by atoms with Crippen molar-refractivity contribution in [1.29, 1.82) is 0 Å². The second kappa shape index (κ2) is 6.44. The van der Waals surface area contributed by atoms with Crippen molar-refractivity contribution in [2.45, 2.75) is 39.2 Å². The molecule has 0 rings (SSSR count). The second-order valence-corrected chi connectivity index (χ2v) is 4.25. The van der Waals surface area contributed by atoms with Gasteiger partial charge in [0.25, 0.3) is 0 Å². The Labute approximate surface area is 86.6 Å². The quantitative estimate of drug-likeness (QED) is 0.507. The molecule has 1 amide bonds. The monoisotopic (exact) mass is 196 g/mol. The third-order valence-electron chi connectivity index (χ3n) is 1.49. The molecule has 0 aromatic rings. The summed E-state index contributed by atoms with van der Waals surface area (Å²) in [5, 5.41) is 5.99. The number of hydrogen-bond acceptors (Lipinski definition) is 2. The van der Waals surface area contributed by atoms with Gasteiger partial charge in [-0.15, -0.1) is 12.3 Å². The van der Waals surface area contributed by atoms with E-state index in [0.29, 0.717) is 19.4 Å². The van der Waals surface area contributed by atoms with E-state index in [0.717, 1.165) is 6.54 Å². The average Bonchev–Trinajstić information content (AvgIpc) is 2.00. The number of nitrogens with one attached hydrogen (secondary N) is 2. The zero-order valence-corrected chi connectivity index (χ0v) is 9.31. The molecular formula is C11H20N2O. The normalized spacial score (nSPS) is 10.7. The second-order valence-electron chi connectivity index (χ2n) is 4.25. The smallest absolute Gasteiger partial charge is 0.221 e. The molecule has 2 N–H and O–H groups in total. The number of amides is 1. The first-order valence-corrected chi connectivity index (χ1v) is 4.91. The fourth-order valence-electron chi connectivity index (χ4n) is 0.968.